The zero-order chi connectivity index (χ0) is 23.8. The molecule has 1 aliphatic carbocycles. The van der Waals surface area contributed by atoms with Crippen molar-refractivity contribution >= 4 is 11.9 Å². The number of carbonyl (C=O) groups excluding carboxylic acids is 1. The number of halogens is 1. The van der Waals surface area contributed by atoms with Crippen molar-refractivity contribution < 1.29 is 24.2 Å². The first-order valence-electron chi connectivity index (χ1n) is 10.8. The van der Waals surface area contributed by atoms with Crippen LogP contribution in [0.4, 0.5) is 4.39 Å². The number of carbonyl (C=O) groups is 2. The molecule has 1 saturated heterocycles. The van der Waals surface area contributed by atoms with Crippen LogP contribution in [0.2, 0.25) is 0 Å². The van der Waals surface area contributed by atoms with E-state index in [4.69, 9.17) is 15.5 Å². The summed E-state index contributed by atoms with van der Waals surface area (Å²) >= 11 is 0. The number of alkyl halides is 1. The summed E-state index contributed by atoms with van der Waals surface area (Å²) in [6.07, 6.45) is 5.38. The fraction of sp³-hybridized carbons (Fsp3) is 0.522. The molecule has 0 spiro atoms. The number of nitriles is 1. The molecule has 3 N–H and O–H groups in total. The summed E-state index contributed by atoms with van der Waals surface area (Å²) in [6, 6.07) is 7.48. The standard InChI is InChI=1S/C15H21FN6O.C7H6O3.CH4/c16-12-4-14(5-17)22(8-12)15(23)6-19-13-2-1-11(3-13)7-21-10-18-9-20-21;8-6-4-2-1-3-5(6)7(9)10;/h9-14,19H,1-4,6-8H2;1-4,8H,(H,9,10);1H4/t11-,12-,13+,14-;;/m0../s1. The predicted molar refractivity (Wildman–Crippen MR) is 122 cm³/mol. The molecule has 34 heavy (non-hydrogen) atoms. The SMILES string of the molecule is C.N#C[C@@H]1C[C@H](F)CN1C(=O)CN[C@@H]1CC[C@H](Cn2cncn2)C1.O=C(O)c1ccccc1O. The van der Waals surface area contributed by atoms with Gasteiger partial charge in [-0.05, 0) is 37.3 Å². The zero-order valence-electron chi connectivity index (χ0n) is 18.0. The van der Waals surface area contributed by atoms with Crippen molar-refractivity contribution in [3.05, 3.63) is 42.5 Å². The average molecular weight is 475 g/mol. The Kier molecular flexibility index (Phi) is 9.94. The molecule has 0 unspecified atom stereocenters. The van der Waals surface area contributed by atoms with Crippen LogP contribution in [0, 0.1) is 17.2 Å². The fourth-order valence-corrected chi connectivity index (χ4v) is 4.19. The summed E-state index contributed by atoms with van der Waals surface area (Å²) in [5, 5.41) is 33.7. The summed E-state index contributed by atoms with van der Waals surface area (Å²) in [5.74, 6) is -0.970. The lowest BCUT2D eigenvalue weighted by atomic mass is 10.1. The summed E-state index contributed by atoms with van der Waals surface area (Å²) in [6.45, 7) is 1.06. The molecule has 1 aliphatic heterocycles. The van der Waals surface area contributed by atoms with E-state index in [2.05, 4.69) is 15.4 Å². The molecule has 2 aromatic rings. The maximum atomic E-state index is 13.4. The molecule has 2 fully saturated rings. The van der Waals surface area contributed by atoms with Crippen LogP contribution in [0.15, 0.2) is 36.9 Å². The number of para-hydroxylation sites is 1. The van der Waals surface area contributed by atoms with Gasteiger partial charge in [-0.3, -0.25) is 9.48 Å². The average Bonchev–Trinajstić information content (AvgIpc) is 3.54. The molecular weight excluding hydrogens is 443 g/mol. The van der Waals surface area contributed by atoms with Crippen LogP contribution in [0.3, 0.4) is 0 Å². The number of phenols is 1. The Morgan fingerprint density at radius 1 is 1.26 bits per heavy atom. The maximum Gasteiger partial charge on any atom is 0.339 e. The molecular formula is C23H31FN6O4. The van der Waals surface area contributed by atoms with Gasteiger partial charge in [0.1, 0.15) is 36.2 Å². The number of carboxylic acids is 1. The van der Waals surface area contributed by atoms with Gasteiger partial charge in [0.25, 0.3) is 0 Å². The molecule has 11 heteroatoms. The molecule has 0 bridgehead atoms. The highest BCUT2D eigenvalue weighted by molar-refractivity contribution is 5.90. The molecule has 1 aromatic carbocycles. The summed E-state index contributed by atoms with van der Waals surface area (Å²) in [4.78, 5) is 27.7. The van der Waals surface area contributed by atoms with E-state index in [0.29, 0.717) is 5.92 Å². The normalized spacial score (nSPS) is 23.4. The van der Waals surface area contributed by atoms with Crippen LogP contribution in [0.1, 0.15) is 43.5 Å². The van der Waals surface area contributed by atoms with Gasteiger partial charge in [-0.15, -0.1) is 0 Å². The van der Waals surface area contributed by atoms with E-state index in [1.165, 1.54) is 23.4 Å². The summed E-state index contributed by atoms with van der Waals surface area (Å²) < 4.78 is 15.2. The number of hydrogen-bond acceptors (Lipinski definition) is 7. The highest BCUT2D eigenvalue weighted by atomic mass is 19.1. The largest absolute Gasteiger partial charge is 0.507 e. The predicted octanol–water partition coefficient (Wildman–Crippen LogP) is 2.23. The van der Waals surface area contributed by atoms with Gasteiger partial charge in [-0.25, -0.2) is 14.2 Å². The lowest BCUT2D eigenvalue weighted by Crippen LogP contribution is -2.43. The molecule has 4 atom stereocenters. The van der Waals surface area contributed by atoms with E-state index in [9.17, 15) is 14.0 Å². The first-order valence-corrected chi connectivity index (χ1v) is 10.8. The minimum atomic E-state index is -1.11. The number of aromatic nitrogens is 3. The number of nitrogens with zero attached hydrogens (tertiary/aromatic N) is 5. The number of aromatic hydroxyl groups is 1. The lowest BCUT2D eigenvalue weighted by Gasteiger charge is -2.21. The number of carboxylic acid groups (broad SMARTS) is 1. The van der Waals surface area contributed by atoms with Gasteiger partial charge in [0.15, 0.2) is 0 Å². The highest BCUT2D eigenvalue weighted by Gasteiger charge is 2.35. The maximum absolute atomic E-state index is 13.4. The van der Waals surface area contributed by atoms with Gasteiger partial charge in [-0.2, -0.15) is 10.4 Å². The van der Waals surface area contributed by atoms with Gasteiger partial charge < -0.3 is 20.4 Å². The Balaban J connectivity index is 0.000000314. The Morgan fingerprint density at radius 2 is 2.03 bits per heavy atom. The number of aromatic carboxylic acids is 1. The molecule has 2 heterocycles. The van der Waals surface area contributed by atoms with E-state index >= 15 is 0 Å². The van der Waals surface area contributed by atoms with Crippen LogP contribution in [-0.4, -0.2) is 73.1 Å². The molecule has 0 radical (unpaired) electrons. The molecule has 10 nitrogen and oxygen atoms in total. The van der Waals surface area contributed by atoms with Crippen LogP contribution in [0.5, 0.6) is 5.75 Å². The second-order valence-electron chi connectivity index (χ2n) is 8.22. The van der Waals surface area contributed by atoms with E-state index in [1.54, 1.807) is 18.5 Å². The minimum absolute atomic E-state index is 0. The Labute approximate surface area is 198 Å². The molecule has 1 amide bonds. The molecule has 1 saturated carbocycles. The minimum Gasteiger partial charge on any atom is -0.507 e. The number of rotatable bonds is 6. The number of hydrogen-bond donors (Lipinski definition) is 3. The van der Waals surface area contributed by atoms with Crippen LogP contribution in [0.25, 0.3) is 0 Å². The third-order valence-electron chi connectivity index (χ3n) is 5.85. The molecule has 1 aromatic heterocycles. The molecule has 184 valence electrons. The first-order chi connectivity index (χ1) is 15.9. The number of likely N-dealkylation sites (tertiary alicyclic amines) is 1. The third kappa shape index (κ3) is 7.25. The quantitative estimate of drug-likeness (QED) is 0.578. The summed E-state index contributed by atoms with van der Waals surface area (Å²) in [5.41, 5.74) is -0.0671. The van der Waals surface area contributed by atoms with Gasteiger partial charge >= 0.3 is 5.97 Å². The second kappa shape index (κ2) is 12.6. The van der Waals surface area contributed by atoms with Crippen LogP contribution < -0.4 is 5.32 Å². The van der Waals surface area contributed by atoms with E-state index in [0.717, 1.165) is 25.8 Å². The first kappa shape index (κ1) is 26.7. The van der Waals surface area contributed by atoms with E-state index in [1.807, 2.05) is 10.8 Å². The highest BCUT2D eigenvalue weighted by Crippen LogP contribution is 2.27. The van der Waals surface area contributed by atoms with Gasteiger partial charge in [-0.1, -0.05) is 19.6 Å². The van der Waals surface area contributed by atoms with Crippen LogP contribution in [-0.2, 0) is 11.3 Å². The Bertz CT molecular complexity index is 980. The van der Waals surface area contributed by atoms with Gasteiger partial charge in [0.05, 0.1) is 19.2 Å². The van der Waals surface area contributed by atoms with Gasteiger partial charge in [0.2, 0.25) is 5.91 Å². The van der Waals surface area contributed by atoms with E-state index < -0.39 is 18.2 Å². The van der Waals surface area contributed by atoms with E-state index in [-0.39, 0.29) is 50.2 Å². The van der Waals surface area contributed by atoms with Crippen molar-refractivity contribution in [1.82, 2.24) is 25.0 Å². The van der Waals surface area contributed by atoms with Crippen molar-refractivity contribution in [3.8, 4) is 11.8 Å². The molecule has 2 aliphatic rings. The Hall–Kier alpha value is -3.52. The van der Waals surface area contributed by atoms with Crippen molar-refractivity contribution in [2.45, 2.75) is 57.9 Å². The summed E-state index contributed by atoms with van der Waals surface area (Å²) in [7, 11) is 0. The van der Waals surface area contributed by atoms with Crippen molar-refractivity contribution in [2.24, 2.45) is 5.92 Å². The van der Waals surface area contributed by atoms with Crippen molar-refractivity contribution in [3.63, 3.8) is 0 Å². The zero-order valence-corrected chi connectivity index (χ0v) is 18.0. The number of benzene rings is 1. The second-order valence-corrected chi connectivity index (χ2v) is 8.22. The topological polar surface area (TPSA) is 144 Å². The monoisotopic (exact) mass is 474 g/mol. The fourth-order valence-electron chi connectivity index (χ4n) is 4.19. The van der Waals surface area contributed by atoms with Crippen molar-refractivity contribution in [2.75, 3.05) is 13.1 Å². The lowest BCUT2D eigenvalue weighted by molar-refractivity contribution is -0.130. The number of amides is 1. The van der Waals surface area contributed by atoms with Crippen molar-refractivity contribution in [1.29, 1.82) is 5.26 Å². The Morgan fingerprint density at radius 3 is 2.65 bits per heavy atom. The number of nitrogens with one attached hydrogen (secondary N) is 1. The van der Waals surface area contributed by atoms with Gasteiger partial charge in [0, 0.05) is 19.0 Å². The van der Waals surface area contributed by atoms with Crippen LogP contribution >= 0.6 is 0 Å². The smallest absolute Gasteiger partial charge is 0.339 e. The third-order valence-corrected chi connectivity index (χ3v) is 5.85. The molecule has 4 rings (SSSR count).